The summed E-state index contributed by atoms with van der Waals surface area (Å²) in [5, 5.41) is 3.68. The minimum Gasteiger partial charge on any atom is -0.417 e. The third kappa shape index (κ3) is 7.02. The van der Waals surface area contributed by atoms with Gasteiger partial charge in [-0.3, -0.25) is 4.52 Å². The third-order valence-electron chi connectivity index (χ3n) is 2.44. The normalized spacial score (nSPS) is 14.0. The smallest absolute Gasteiger partial charge is 0.417 e. The fourth-order valence-corrected chi connectivity index (χ4v) is 4.96. The van der Waals surface area contributed by atoms with Gasteiger partial charge in [0.1, 0.15) is 12.9 Å². The number of rotatable bonds is 10. The van der Waals surface area contributed by atoms with Gasteiger partial charge in [0.05, 0.1) is 12.8 Å². The van der Waals surface area contributed by atoms with Gasteiger partial charge < -0.3 is 9.36 Å². The van der Waals surface area contributed by atoms with E-state index in [0.717, 1.165) is 24.2 Å². The van der Waals surface area contributed by atoms with Crippen LogP contribution in [0.3, 0.4) is 0 Å². The quantitative estimate of drug-likeness (QED) is 0.269. The van der Waals surface area contributed by atoms with Crippen molar-refractivity contribution >= 4 is 24.4 Å². The molecule has 1 atom stereocenters. The molecule has 118 valence electrons. The molecule has 1 rings (SSSR count). The van der Waals surface area contributed by atoms with Gasteiger partial charge in [-0.15, -0.1) is 0 Å². The molecule has 7 heteroatoms. The van der Waals surface area contributed by atoms with Crippen molar-refractivity contribution < 1.29 is 18.5 Å². The van der Waals surface area contributed by atoms with E-state index in [2.05, 4.69) is 16.9 Å². The van der Waals surface area contributed by atoms with Crippen molar-refractivity contribution in [2.45, 2.75) is 26.7 Å². The predicted molar refractivity (Wildman–Crippen MR) is 88.3 cm³/mol. The van der Waals surface area contributed by atoms with Crippen molar-refractivity contribution in [3.63, 3.8) is 0 Å². The first-order valence-electron chi connectivity index (χ1n) is 6.89. The summed E-state index contributed by atoms with van der Waals surface area (Å²) in [6, 6.07) is 7.10. The van der Waals surface area contributed by atoms with Gasteiger partial charge >= 0.3 is 6.80 Å². The van der Waals surface area contributed by atoms with E-state index in [1.165, 1.54) is 18.5 Å². The second-order valence-electron chi connectivity index (χ2n) is 4.13. The van der Waals surface area contributed by atoms with Crippen LogP contribution >= 0.6 is 18.2 Å². The van der Waals surface area contributed by atoms with Crippen molar-refractivity contribution in [1.82, 2.24) is 0 Å². The lowest BCUT2D eigenvalue weighted by molar-refractivity contribution is 0.215. The van der Waals surface area contributed by atoms with Gasteiger partial charge in [-0.25, -0.2) is 4.57 Å². The summed E-state index contributed by atoms with van der Waals surface area (Å²) < 4.78 is 23.5. The van der Waals surface area contributed by atoms with E-state index in [1.54, 1.807) is 25.3 Å². The molecule has 0 aliphatic rings. The highest BCUT2D eigenvalue weighted by molar-refractivity contribution is 8.55. The molecule has 21 heavy (non-hydrogen) atoms. The van der Waals surface area contributed by atoms with Gasteiger partial charge in [-0.05, 0) is 54.6 Å². The molecule has 0 N–H and O–H groups in total. The summed E-state index contributed by atoms with van der Waals surface area (Å²) in [6.07, 6.45) is 3.62. The van der Waals surface area contributed by atoms with Crippen molar-refractivity contribution in [2.75, 3.05) is 19.5 Å². The SMILES string of the molecule is CCCCSP(=O)(OCC)Oc1ccc(C=NOC)cc1. The average molecular weight is 331 g/mol. The fourth-order valence-electron chi connectivity index (χ4n) is 1.43. The van der Waals surface area contributed by atoms with E-state index in [0.29, 0.717) is 12.4 Å². The Morgan fingerprint density at radius 2 is 2.00 bits per heavy atom. The van der Waals surface area contributed by atoms with E-state index in [4.69, 9.17) is 9.05 Å². The molecule has 0 bridgehead atoms. The van der Waals surface area contributed by atoms with Crippen molar-refractivity contribution in [2.24, 2.45) is 5.16 Å². The Kier molecular flexibility index (Phi) is 8.50. The molecule has 0 aromatic heterocycles. The molecule has 0 radical (unpaired) electrons. The first-order valence-corrected chi connectivity index (χ1v) is 10.0. The maximum absolute atomic E-state index is 12.6. The van der Waals surface area contributed by atoms with Crippen LogP contribution < -0.4 is 4.52 Å². The summed E-state index contributed by atoms with van der Waals surface area (Å²) in [6.45, 7) is 1.10. The average Bonchev–Trinajstić information content (AvgIpc) is 2.47. The van der Waals surface area contributed by atoms with Crippen LogP contribution in [0.5, 0.6) is 5.75 Å². The summed E-state index contributed by atoms with van der Waals surface area (Å²) in [5.74, 6) is 1.28. The fraction of sp³-hybridized carbons (Fsp3) is 0.500. The molecular formula is C14H22NO4PS. The van der Waals surface area contributed by atoms with Gasteiger partial charge in [-0.1, -0.05) is 18.5 Å². The van der Waals surface area contributed by atoms with Crippen LogP contribution in [-0.4, -0.2) is 25.7 Å². The number of unbranched alkanes of at least 4 members (excludes halogenated alkanes) is 1. The molecule has 5 nitrogen and oxygen atoms in total. The number of nitrogens with zero attached hydrogens (tertiary/aromatic N) is 1. The second kappa shape index (κ2) is 9.87. The Hall–Kier alpha value is -0.970. The highest BCUT2D eigenvalue weighted by Gasteiger charge is 2.26. The molecule has 0 aliphatic heterocycles. The minimum absolute atomic E-state index is 0.356. The van der Waals surface area contributed by atoms with Gasteiger partial charge in [-0.2, -0.15) is 0 Å². The van der Waals surface area contributed by atoms with Gasteiger partial charge in [0, 0.05) is 5.75 Å². The third-order valence-corrected chi connectivity index (χ3v) is 6.27. The molecular weight excluding hydrogens is 309 g/mol. The first-order chi connectivity index (χ1) is 10.1. The molecule has 1 unspecified atom stereocenters. The van der Waals surface area contributed by atoms with E-state index in [1.807, 2.05) is 12.1 Å². The lowest BCUT2D eigenvalue weighted by Crippen LogP contribution is -1.96. The molecule has 0 aliphatic carbocycles. The van der Waals surface area contributed by atoms with Crippen molar-refractivity contribution in [1.29, 1.82) is 0 Å². The Morgan fingerprint density at radius 3 is 2.57 bits per heavy atom. The van der Waals surface area contributed by atoms with Gasteiger partial charge in [0.15, 0.2) is 0 Å². The Balaban J connectivity index is 2.69. The van der Waals surface area contributed by atoms with Crippen LogP contribution in [0.25, 0.3) is 0 Å². The molecule has 0 saturated carbocycles. The van der Waals surface area contributed by atoms with Gasteiger partial charge in [0.25, 0.3) is 0 Å². The molecule has 0 amide bonds. The molecule has 0 spiro atoms. The highest BCUT2D eigenvalue weighted by Crippen LogP contribution is 2.60. The van der Waals surface area contributed by atoms with Crippen molar-refractivity contribution in [3.8, 4) is 5.75 Å². The maximum atomic E-state index is 12.6. The minimum atomic E-state index is -3.15. The lowest BCUT2D eigenvalue weighted by atomic mass is 10.2. The zero-order valence-corrected chi connectivity index (χ0v) is 14.4. The monoisotopic (exact) mass is 331 g/mol. The van der Waals surface area contributed by atoms with E-state index < -0.39 is 6.80 Å². The standard InChI is InChI=1S/C14H22NO4PS/c1-4-6-11-21-20(16,18-5-2)19-14-9-7-13(8-10-14)12-15-17-3/h7-10,12H,4-6,11H2,1-3H3. The van der Waals surface area contributed by atoms with E-state index in [9.17, 15) is 4.57 Å². The van der Waals surface area contributed by atoms with E-state index in [-0.39, 0.29) is 0 Å². The zero-order chi connectivity index (χ0) is 15.6. The second-order valence-corrected chi connectivity index (χ2v) is 8.25. The topological polar surface area (TPSA) is 57.1 Å². The van der Waals surface area contributed by atoms with Crippen LogP contribution in [-0.2, 0) is 13.9 Å². The van der Waals surface area contributed by atoms with Crippen LogP contribution in [0.15, 0.2) is 29.4 Å². The van der Waals surface area contributed by atoms with Crippen LogP contribution in [0.2, 0.25) is 0 Å². The maximum Gasteiger partial charge on any atom is 0.440 e. The first kappa shape index (κ1) is 18.1. The Morgan fingerprint density at radius 1 is 1.29 bits per heavy atom. The molecule has 0 fully saturated rings. The van der Waals surface area contributed by atoms with Crippen molar-refractivity contribution in [3.05, 3.63) is 29.8 Å². The number of hydrogen-bond donors (Lipinski definition) is 0. The predicted octanol–water partition coefficient (Wildman–Crippen LogP) is 4.72. The summed E-state index contributed by atoms with van der Waals surface area (Å²) in [4.78, 5) is 4.61. The lowest BCUT2D eigenvalue weighted by Gasteiger charge is -2.17. The summed E-state index contributed by atoms with van der Waals surface area (Å²) >= 11 is 1.25. The van der Waals surface area contributed by atoms with Crippen LogP contribution in [0, 0.1) is 0 Å². The zero-order valence-electron chi connectivity index (χ0n) is 12.7. The molecule has 0 saturated heterocycles. The van der Waals surface area contributed by atoms with Crippen LogP contribution in [0.1, 0.15) is 32.3 Å². The largest absolute Gasteiger partial charge is 0.440 e. The Labute approximate surface area is 130 Å². The molecule has 0 heterocycles. The molecule has 1 aromatic rings. The summed E-state index contributed by atoms with van der Waals surface area (Å²) in [7, 11) is 1.49. The number of benzene rings is 1. The number of hydrogen-bond acceptors (Lipinski definition) is 6. The molecule has 1 aromatic carbocycles. The Bertz CT molecular complexity index is 478. The van der Waals surface area contributed by atoms with Gasteiger partial charge in [0.2, 0.25) is 0 Å². The van der Waals surface area contributed by atoms with Crippen LogP contribution in [0.4, 0.5) is 0 Å². The highest BCUT2D eigenvalue weighted by atomic mass is 32.7. The van der Waals surface area contributed by atoms with E-state index >= 15 is 0 Å². The number of oxime groups is 1. The summed E-state index contributed by atoms with van der Waals surface area (Å²) in [5.41, 5.74) is 0.870.